The fourth-order valence-corrected chi connectivity index (χ4v) is 4.12. The van der Waals surface area contributed by atoms with E-state index in [-0.39, 0.29) is 24.8 Å². The van der Waals surface area contributed by atoms with Crippen molar-refractivity contribution in [3.8, 4) is 11.1 Å². The van der Waals surface area contributed by atoms with Gasteiger partial charge < -0.3 is 24.8 Å². The Balaban J connectivity index is 0.000000253. The minimum absolute atomic E-state index is 0. The van der Waals surface area contributed by atoms with Crippen LogP contribution in [0.3, 0.4) is 0 Å². The molecule has 4 aromatic carbocycles. The number of aryl methyl sites for hydroxylation is 1. The molecule has 1 aliphatic carbocycles. The molecule has 0 heterocycles. The van der Waals surface area contributed by atoms with Gasteiger partial charge in [-0.15, -0.1) is 5.56 Å². The molecule has 3 heteroatoms. The maximum absolute atomic E-state index is 3.30. The molecule has 0 aromatic heterocycles. The van der Waals surface area contributed by atoms with Gasteiger partial charge in [-0.3, -0.25) is 0 Å². The minimum Gasteiger partial charge on any atom is -1.00 e. The summed E-state index contributed by atoms with van der Waals surface area (Å²) in [5.74, 6) is 0. The Hall–Kier alpha value is -1.66. The van der Waals surface area contributed by atoms with E-state index < -0.39 is 0 Å². The van der Waals surface area contributed by atoms with Crippen molar-refractivity contribution in [2.45, 2.75) is 46.5 Å². The van der Waals surface area contributed by atoms with E-state index in [1.54, 1.807) is 0 Å². The molecule has 0 bridgehead atoms. The largest absolute Gasteiger partial charge is 1.00 e. The summed E-state index contributed by atoms with van der Waals surface area (Å²) in [7, 11) is 0. The third-order valence-electron chi connectivity index (χ3n) is 5.60. The van der Waals surface area contributed by atoms with E-state index in [9.17, 15) is 0 Å². The number of hydrogen-bond donors (Lipinski definition) is 0. The maximum atomic E-state index is 3.30. The predicted octanol–water partition coefficient (Wildman–Crippen LogP) is 1.85. The van der Waals surface area contributed by atoms with Crippen LogP contribution in [0, 0.1) is 13.0 Å². The number of halogens is 2. The fourth-order valence-electron chi connectivity index (χ4n) is 3.72. The molecule has 34 heavy (non-hydrogen) atoms. The second-order valence-electron chi connectivity index (χ2n) is 9.31. The van der Waals surface area contributed by atoms with Gasteiger partial charge in [0, 0.05) is 0 Å². The molecule has 0 atom stereocenters. The van der Waals surface area contributed by atoms with Crippen LogP contribution in [-0.2, 0) is 36.1 Å². The molecule has 0 radical (unpaired) electrons. The van der Waals surface area contributed by atoms with Gasteiger partial charge in [0.25, 0.3) is 0 Å². The maximum Gasteiger partial charge on any atom is -0.0253 e. The van der Waals surface area contributed by atoms with Crippen LogP contribution < -0.4 is 24.8 Å². The van der Waals surface area contributed by atoms with Gasteiger partial charge in [0.2, 0.25) is 0 Å². The summed E-state index contributed by atoms with van der Waals surface area (Å²) in [5, 5.41) is 0. The molecular formula is C31H32Cl2Zr-2. The normalized spacial score (nSPS) is 10.7. The zero-order valence-corrected chi connectivity index (χ0v) is 24.6. The average Bonchev–Trinajstić information content (AvgIpc) is 3.39. The van der Waals surface area contributed by atoms with E-state index in [0.717, 1.165) is 6.42 Å². The quantitative estimate of drug-likeness (QED) is 0.272. The first-order valence-corrected chi connectivity index (χ1v) is 12.4. The molecule has 0 saturated heterocycles. The third kappa shape index (κ3) is 8.53. The van der Waals surface area contributed by atoms with Gasteiger partial charge in [0.05, 0.1) is 0 Å². The van der Waals surface area contributed by atoms with Crippen LogP contribution in [0.5, 0.6) is 0 Å². The smallest absolute Gasteiger partial charge is 0.0253 e. The molecule has 1 aliphatic rings. The van der Waals surface area contributed by atoms with Crippen LogP contribution in [0.25, 0.3) is 11.1 Å². The Morgan fingerprint density at radius 1 is 0.882 bits per heavy atom. The van der Waals surface area contributed by atoms with Crippen LogP contribution in [0.2, 0.25) is 0 Å². The molecular weight excluding hydrogens is 534 g/mol. The first kappa shape index (κ1) is 30.4. The average molecular weight is 567 g/mol. The van der Waals surface area contributed by atoms with Crippen molar-refractivity contribution in [3.63, 3.8) is 0 Å². The van der Waals surface area contributed by atoms with Crippen molar-refractivity contribution >= 4 is 3.21 Å². The molecule has 0 amide bonds. The summed E-state index contributed by atoms with van der Waals surface area (Å²) in [6.07, 6.45) is 1.05. The molecule has 0 N–H and O–H groups in total. The number of fused-ring (bicyclic) bond motifs is 3. The molecule has 0 aliphatic heterocycles. The van der Waals surface area contributed by atoms with Gasteiger partial charge in [-0.1, -0.05) is 68.5 Å². The Morgan fingerprint density at radius 3 is 2.03 bits per heavy atom. The van der Waals surface area contributed by atoms with Gasteiger partial charge in [0.1, 0.15) is 0 Å². The van der Waals surface area contributed by atoms with Crippen LogP contribution in [-0.4, -0.2) is 3.21 Å². The van der Waals surface area contributed by atoms with Crippen LogP contribution >= 0.6 is 0 Å². The van der Waals surface area contributed by atoms with E-state index in [0.29, 0.717) is 5.41 Å². The number of benzene rings is 3. The van der Waals surface area contributed by atoms with E-state index in [2.05, 4.69) is 120 Å². The molecule has 0 saturated carbocycles. The van der Waals surface area contributed by atoms with E-state index in [4.69, 9.17) is 0 Å². The van der Waals surface area contributed by atoms with Gasteiger partial charge in [-0.2, -0.15) is 53.1 Å². The Kier molecular flexibility index (Phi) is 12.5. The van der Waals surface area contributed by atoms with Gasteiger partial charge in [-0.25, -0.2) is 6.07 Å². The molecule has 0 nitrogen and oxygen atoms in total. The molecule has 0 spiro atoms. The monoisotopic (exact) mass is 564 g/mol. The standard InChI is InChI=1S/C13H9.C10H15.C8H8.2ClH.Zr/c1-3-7-12-10(5-1)9-11-6-2-4-8-13(11)12;1-8-5-6-9(7-8)10(2,3)4;1-2-8-6-4-3-5-7-8;;;/h1-5,7-8H,9H2;5-7H,1-4H3;3-7H,1H3;2*1H;/q2*-1;;;;+2/p-2. The third-order valence-corrected chi connectivity index (χ3v) is 6.31. The Morgan fingerprint density at radius 2 is 1.50 bits per heavy atom. The Bertz CT molecular complexity index is 1120. The number of rotatable bonds is 1. The van der Waals surface area contributed by atoms with Crippen molar-refractivity contribution in [2.75, 3.05) is 0 Å². The molecule has 4 aromatic rings. The van der Waals surface area contributed by atoms with Crippen molar-refractivity contribution in [1.82, 2.24) is 0 Å². The predicted molar refractivity (Wildman–Crippen MR) is 135 cm³/mol. The minimum atomic E-state index is 0. The van der Waals surface area contributed by atoms with Crippen molar-refractivity contribution in [2.24, 2.45) is 0 Å². The summed E-state index contributed by atoms with van der Waals surface area (Å²) in [4.78, 5) is 0. The van der Waals surface area contributed by atoms with Crippen LogP contribution in [0.1, 0.15) is 55.5 Å². The van der Waals surface area contributed by atoms with E-state index in [1.165, 1.54) is 66.4 Å². The molecule has 0 fully saturated rings. The second kappa shape index (κ2) is 14.0. The summed E-state index contributed by atoms with van der Waals surface area (Å²) >= 11 is 1.51. The first-order chi connectivity index (χ1) is 15.3. The van der Waals surface area contributed by atoms with Crippen molar-refractivity contribution in [3.05, 3.63) is 125 Å². The molecule has 0 unspecified atom stereocenters. The first-order valence-electron chi connectivity index (χ1n) is 11.2. The van der Waals surface area contributed by atoms with E-state index in [1.807, 2.05) is 12.1 Å². The van der Waals surface area contributed by atoms with Gasteiger partial charge in [-0.05, 0) is 6.42 Å². The zero-order chi connectivity index (χ0) is 23.1. The summed E-state index contributed by atoms with van der Waals surface area (Å²) in [6.45, 7) is 11.0. The van der Waals surface area contributed by atoms with E-state index >= 15 is 0 Å². The summed E-state index contributed by atoms with van der Waals surface area (Å²) in [6, 6.07) is 35.2. The van der Waals surface area contributed by atoms with Crippen molar-refractivity contribution in [1.29, 1.82) is 0 Å². The summed E-state index contributed by atoms with van der Waals surface area (Å²) in [5.41, 5.74) is 10.00. The fraction of sp³-hybridized carbons (Fsp3) is 0.226. The second-order valence-corrected chi connectivity index (χ2v) is 11.2. The molecule has 5 rings (SSSR count). The number of hydrogen-bond acceptors (Lipinski definition) is 0. The topological polar surface area (TPSA) is 0 Å². The Labute approximate surface area is 233 Å². The zero-order valence-electron chi connectivity index (χ0n) is 20.6. The summed E-state index contributed by atoms with van der Waals surface area (Å²) < 4.78 is 1.46. The van der Waals surface area contributed by atoms with Crippen LogP contribution in [0.4, 0.5) is 0 Å². The SMILES string of the molecule is C[C](=[Zr+2])c1ccccc1.Cc1cc(C(C)(C)C)c[cH-]1.[Cl-].[Cl-].[c-]1cccc2c1Cc1ccccc1-2. The van der Waals surface area contributed by atoms with Gasteiger partial charge >= 0.3 is 70.3 Å². The van der Waals surface area contributed by atoms with Crippen LogP contribution in [0.15, 0.2) is 91.0 Å². The molecule has 176 valence electrons. The van der Waals surface area contributed by atoms with Gasteiger partial charge in [0.15, 0.2) is 0 Å². The van der Waals surface area contributed by atoms with Crippen molar-refractivity contribution < 1.29 is 49.0 Å².